The van der Waals surface area contributed by atoms with Crippen molar-refractivity contribution < 1.29 is 59.4 Å². The number of carbonyl (C=O) groups is 6. The average molecular weight is 1150 g/mol. The van der Waals surface area contributed by atoms with Gasteiger partial charge in [-0.25, -0.2) is 0 Å². The second-order valence-electron chi connectivity index (χ2n) is 19.5. The van der Waals surface area contributed by atoms with Crippen molar-refractivity contribution in [3.63, 3.8) is 0 Å². The van der Waals surface area contributed by atoms with Gasteiger partial charge in [0.1, 0.15) is 0 Å². The van der Waals surface area contributed by atoms with Gasteiger partial charge in [0.25, 0.3) is 0 Å². The third kappa shape index (κ3) is 132. The molecule has 0 spiro atoms. The molecule has 15 heteroatoms. The molecule has 75 heavy (non-hydrogen) atoms. The third-order valence-corrected chi connectivity index (χ3v) is 11.9. The third-order valence-electron chi connectivity index (χ3n) is 11.9. The Bertz CT molecular complexity index is 898. The maximum atomic E-state index is 10.0. The van der Waals surface area contributed by atoms with Gasteiger partial charge in [-0.3, -0.25) is 0 Å². The molecule has 0 aliphatic carbocycles. The predicted octanol–water partition coefficient (Wildman–Crippen LogP) is 10.1. The summed E-state index contributed by atoms with van der Waals surface area (Å²) in [4.78, 5) is 60.1. The van der Waals surface area contributed by atoms with Crippen molar-refractivity contribution in [2.24, 2.45) is 0 Å². The minimum atomic E-state index is -0.913. The van der Waals surface area contributed by atoms with E-state index in [-0.39, 0.29) is 152 Å². The zero-order valence-corrected chi connectivity index (χ0v) is 56.6. The molecule has 432 valence electrons. The van der Waals surface area contributed by atoms with Crippen molar-refractivity contribution >= 4 is 149 Å². The van der Waals surface area contributed by atoms with Gasteiger partial charge in [0.05, 0.1) is 0 Å². The van der Waals surface area contributed by atoms with Gasteiger partial charge in [0.2, 0.25) is 0 Å². The molecule has 0 unspecified atom stereocenters. The largest absolute Gasteiger partial charge is 2.00 e. The van der Waals surface area contributed by atoms with Crippen LogP contribution in [-0.2, 0) is 28.8 Å². The van der Waals surface area contributed by atoms with Crippen LogP contribution in [0, 0.1) is 0 Å². The second-order valence-corrected chi connectivity index (χ2v) is 19.5. The minimum Gasteiger partial charge on any atom is -0.550 e. The van der Waals surface area contributed by atoms with E-state index in [0.717, 1.165) is 77.0 Å². The van der Waals surface area contributed by atoms with Crippen molar-refractivity contribution in [2.75, 3.05) is 0 Å². The Morgan fingerprint density at radius 3 is 0.333 bits per heavy atom. The van der Waals surface area contributed by atoms with Crippen molar-refractivity contribution in [3.8, 4) is 0 Å². The van der Waals surface area contributed by atoms with E-state index in [2.05, 4.69) is 41.5 Å². The first-order valence-corrected chi connectivity index (χ1v) is 29.8. The van der Waals surface area contributed by atoms with Crippen LogP contribution in [0.5, 0.6) is 0 Å². The Morgan fingerprint density at radius 1 is 0.173 bits per heavy atom. The van der Waals surface area contributed by atoms with Crippen LogP contribution in [-0.4, -0.2) is 149 Å². The summed E-state index contributed by atoms with van der Waals surface area (Å²) in [5, 5.41) is 60.1. The molecule has 12 nitrogen and oxygen atoms in total. The molecule has 0 heterocycles. The number of carboxylic acid groups (broad SMARTS) is 6. The molecule has 0 aromatic heterocycles. The monoisotopic (exact) mass is 1150 g/mol. The van der Waals surface area contributed by atoms with E-state index < -0.39 is 35.8 Å². The molecule has 0 amide bonds. The standard InChI is InChI=1S/6C10H20O2.3Ca/c6*1-2-3-4-5-6-7-8-9-10(11)12;;;/h6*2-9H2,1H3,(H,11,12);;;/q;;;;;;3*+2/p-6. The van der Waals surface area contributed by atoms with Gasteiger partial charge in [-0.2, -0.15) is 0 Å². The number of hydrogen-bond donors (Lipinski definition) is 0. The van der Waals surface area contributed by atoms with E-state index in [0.29, 0.717) is 0 Å². The van der Waals surface area contributed by atoms with Gasteiger partial charge in [-0.05, 0) is 77.0 Å². The fraction of sp³-hybridized carbons (Fsp3) is 0.900. The van der Waals surface area contributed by atoms with Gasteiger partial charge in [-0.1, -0.05) is 273 Å². The number of rotatable bonds is 48. The number of hydrogen-bond acceptors (Lipinski definition) is 12. The topological polar surface area (TPSA) is 241 Å². The maximum Gasteiger partial charge on any atom is 2.00 e. The van der Waals surface area contributed by atoms with Crippen LogP contribution < -0.4 is 30.6 Å². The quantitative estimate of drug-likeness (QED) is 0.0408. The Kier molecular flexibility index (Phi) is 115. The maximum absolute atomic E-state index is 10.0. The molecule has 0 bridgehead atoms. The van der Waals surface area contributed by atoms with E-state index in [4.69, 9.17) is 0 Å². The average Bonchev–Trinajstić information content (AvgIpc) is 3.33. The number of carbonyl (C=O) groups excluding carboxylic acids is 6. The molecule has 0 aromatic rings. The summed E-state index contributed by atoms with van der Waals surface area (Å²) < 4.78 is 0. The van der Waals surface area contributed by atoms with Crippen LogP contribution >= 0.6 is 0 Å². The Balaban J connectivity index is -0.0000000988. The molecule has 0 rings (SSSR count). The summed E-state index contributed by atoms with van der Waals surface area (Å²) >= 11 is 0. The molecular weight excluding hydrogens is 1030 g/mol. The normalized spacial score (nSPS) is 9.68. The fourth-order valence-corrected chi connectivity index (χ4v) is 7.36. The van der Waals surface area contributed by atoms with Crippen LogP contribution in [0.1, 0.15) is 350 Å². The molecular formula is C60H114Ca3O12. The zero-order valence-electron chi connectivity index (χ0n) is 50.0. The van der Waals surface area contributed by atoms with Crippen LogP contribution in [0.15, 0.2) is 0 Å². The molecule has 0 atom stereocenters. The van der Waals surface area contributed by atoms with E-state index in [1.54, 1.807) is 0 Å². The van der Waals surface area contributed by atoms with Crippen molar-refractivity contribution in [3.05, 3.63) is 0 Å². The minimum absolute atomic E-state index is 0. The molecule has 0 aliphatic heterocycles. The summed E-state index contributed by atoms with van der Waals surface area (Å²) in [5.74, 6) is -5.48. The van der Waals surface area contributed by atoms with Crippen LogP contribution in [0.4, 0.5) is 0 Å². The Morgan fingerprint density at radius 2 is 0.253 bits per heavy atom. The summed E-state index contributed by atoms with van der Waals surface area (Å²) in [6, 6.07) is 0. The van der Waals surface area contributed by atoms with E-state index in [1.807, 2.05) is 0 Å². The SMILES string of the molecule is CCCCCCCCCC(=O)[O-].CCCCCCCCCC(=O)[O-].CCCCCCCCCC(=O)[O-].CCCCCCCCCC(=O)[O-].CCCCCCCCCC(=O)[O-].CCCCCCCCCC(=O)[O-].[Ca+2].[Ca+2].[Ca+2]. The zero-order chi connectivity index (χ0) is 55.4. The van der Waals surface area contributed by atoms with E-state index in [1.165, 1.54) is 193 Å². The molecule has 0 saturated carbocycles. The smallest absolute Gasteiger partial charge is 0.550 e. The van der Waals surface area contributed by atoms with E-state index in [9.17, 15) is 59.4 Å². The van der Waals surface area contributed by atoms with Crippen LogP contribution in [0.25, 0.3) is 0 Å². The van der Waals surface area contributed by atoms with Gasteiger partial charge in [0, 0.05) is 35.8 Å². The van der Waals surface area contributed by atoms with Gasteiger partial charge >= 0.3 is 113 Å². The Labute approximate surface area is 551 Å². The van der Waals surface area contributed by atoms with E-state index >= 15 is 0 Å². The van der Waals surface area contributed by atoms with Crippen molar-refractivity contribution in [2.45, 2.75) is 350 Å². The molecule has 0 N–H and O–H groups in total. The fourth-order valence-electron chi connectivity index (χ4n) is 7.36. The van der Waals surface area contributed by atoms with Gasteiger partial charge in [-0.15, -0.1) is 0 Å². The first-order chi connectivity index (χ1) is 34.6. The molecule has 0 fully saturated rings. The second kappa shape index (κ2) is 91.1. The van der Waals surface area contributed by atoms with Crippen LogP contribution in [0.2, 0.25) is 0 Å². The molecule has 0 aliphatic rings. The summed E-state index contributed by atoms with van der Waals surface area (Å²) in [6.07, 6.45) is 50.1. The predicted molar refractivity (Wildman–Crippen MR) is 303 cm³/mol. The number of carboxylic acids is 6. The summed E-state index contributed by atoms with van der Waals surface area (Å²) in [5.41, 5.74) is 0. The summed E-state index contributed by atoms with van der Waals surface area (Å²) in [7, 11) is 0. The van der Waals surface area contributed by atoms with Crippen molar-refractivity contribution in [1.82, 2.24) is 0 Å². The van der Waals surface area contributed by atoms with Gasteiger partial charge < -0.3 is 59.4 Å². The number of unbranched alkanes of at least 4 members (excludes halogenated alkanes) is 36. The molecule has 0 saturated heterocycles. The first-order valence-electron chi connectivity index (χ1n) is 29.8. The Hall–Kier alpha value is 0.599. The first kappa shape index (κ1) is 94.9. The van der Waals surface area contributed by atoms with Crippen molar-refractivity contribution in [1.29, 1.82) is 0 Å². The molecule has 0 aromatic carbocycles. The number of aliphatic carboxylic acids is 6. The van der Waals surface area contributed by atoms with Crippen LogP contribution in [0.3, 0.4) is 0 Å². The molecule has 0 radical (unpaired) electrons. The summed E-state index contributed by atoms with van der Waals surface area (Å²) in [6.45, 7) is 13.1. The van der Waals surface area contributed by atoms with Gasteiger partial charge in [0.15, 0.2) is 0 Å².